The van der Waals surface area contributed by atoms with Crippen molar-refractivity contribution in [3.05, 3.63) is 46.5 Å². The Kier molecular flexibility index (Phi) is 7.99. The summed E-state index contributed by atoms with van der Waals surface area (Å²) in [6.45, 7) is 10.3. The van der Waals surface area contributed by atoms with Crippen LogP contribution in [-0.4, -0.2) is 69.4 Å². The summed E-state index contributed by atoms with van der Waals surface area (Å²) in [5, 5.41) is 1.85. The molecule has 0 spiro atoms. The number of aromatic nitrogens is 2. The number of anilines is 2. The quantitative estimate of drug-likeness (QED) is 0.421. The van der Waals surface area contributed by atoms with E-state index in [-0.39, 0.29) is 11.2 Å². The fourth-order valence-electron chi connectivity index (χ4n) is 3.47. The molecule has 0 unspecified atom stereocenters. The van der Waals surface area contributed by atoms with Gasteiger partial charge in [0, 0.05) is 52.2 Å². The van der Waals surface area contributed by atoms with Crippen LogP contribution in [0.15, 0.2) is 35.4 Å². The first-order chi connectivity index (χ1) is 15.1. The molecule has 0 bridgehead atoms. The summed E-state index contributed by atoms with van der Waals surface area (Å²) < 4.78 is 7.07. The molecule has 0 N–H and O–H groups in total. The van der Waals surface area contributed by atoms with Crippen LogP contribution in [-0.2, 0) is 18.3 Å². The van der Waals surface area contributed by atoms with Crippen molar-refractivity contribution in [3.8, 4) is 0 Å². The van der Waals surface area contributed by atoms with Gasteiger partial charge in [-0.1, -0.05) is 11.5 Å². The van der Waals surface area contributed by atoms with Crippen molar-refractivity contribution < 1.29 is 9.53 Å². The molecule has 3 heterocycles. The van der Waals surface area contributed by atoms with E-state index < -0.39 is 11.7 Å². The van der Waals surface area contributed by atoms with Gasteiger partial charge in [-0.2, -0.15) is 22.4 Å². The van der Waals surface area contributed by atoms with Gasteiger partial charge in [0.2, 0.25) is 5.14 Å². The number of likely N-dealkylation sites (N-methyl/N-ethyl adjacent to an activating group) is 1. The Hall–Kier alpha value is -1.92. The normalized spacial score (nSPS) is 15.4. The van der Waals surface area contributed by atoms with E-state index in [1.54, 1.807) is 52.3 Å². The molecule has 2 aromatic heterocycles. The van der Waals surface area contributed by atoms with Crippen LogP contribution in [0.5, 0.6) is 0 Å². The largest absolute Gasteiger partial charge is 0.443 e. The Morgan fingerprint density at radius 2 is 1.91 bits per heavy atom. The second-order valence-electron chi connectivity index (χ2n) is 9.10. The van der Waals surface area contributed by atoms with Gasteiger partial charge in [-0.15, -0.1) is 0 Å². The molecule has 171 valence electrons. The van der Waals surface area contributed by atoms with Crippen molar-refractivity contribution in [2.45, 2.75) is 32.9 Å². The first-order valence-corrected chi connectivity index (χ1v) is 11.8. The van der Waals surface area contributed by atoms with E-state index in [0.29, 0.717) is 5.82 Å². The average Bonchev–Trinajstić information content (AvgIpc) is 2.72. The van der Waals surface area contributed by atoms with Crippen molar-refractivity contribution in [1.29, 1.82) is 0 Å². The SMILES string of the molecule is CN1CCN(Cc2ccc(N(C(=O)OC(C)(C)C)c3cc([B]I)cn(C)c3=O)nc2)CC1. The van der Waals surface area contributed by atoms with Gasteiger partial charge in [-0.25, -0.2) is 14.7 Å². The number of nitrogens with zero attached hydrogens (tertiary/aromatic N) is 5. The van der Waals surface area contributed by atoms with E-state index in [0.717, 1.165) is 43.8 Å². The van der Waals surface area contributed by atoms with Crippen LogP contribution in [0.2, 0.25) is 0 Å². The van der Waals surface area contributed by atoms with Gasteiger partial charge in [0.1, 0.15) is 17.1 Å². The van der Waals surface area contributed by atoms with Crippen LogP contribution < -0.4 is 15.9 Å². The smallest absolute Gasteiger partial charge is 0.420 e. The summed E-state index contributed by atoms with van der Waals surface area (Å²) in [4.78, 5) is 36.6. The number of hydrogen-bond acceptors (Lipinski definition) is 6. The highest BCUT2D eigenvalue weighted by Gasteiger charge is 2.28. The average molecular weight is 550 g/mol. The highest BCUT2D eigenvalue weighted by atomic mass is 127. The maximum Gasteiger partial charge on any atom is 0.420 e. The van der Waals surface area contributed by atoms with E-state index in [1.807, 2.05) is 11.2 Å². The van der Waals surface area contributed by atoms with Crippen molar-refractivity contribution >= 4 is 50.6 Å². The van der Waals surface area contributed by atoms with Crippen molar-refractivity contribution in [2.24, 2.45) is 7.05 Å². The fraction of sp³-hybridized carbons (Fsp3) is 0.500. The Morgan fingerprint density at radius 3 is 2.47 bits per heavy atom. The molecule has 1 amide bonds. The lowest BCUT2D eigenvalue weighted by molar-refractivity contribution is 0.0597. The van der Waals surface area contributed by atoms with Crippen LogP contribution in [0.3, 0.4) is 0 Å². The minimum Gasteiger partial charge on any atom is -0.443 e. The second kappa shape index (κ2) is 10.3. The number of amides is 1. The van der Waals surface area contributed by atoms with Crippen molar-refractivity contribution in [2.75, 3.05) is 38.1 Å². The number of halogens is 1. The molecule has 8 nitrogen and oxygen atoms in total. The molecule has 1 fully saturated rings. The second-order valence-corrected chi connectivity index (χ2v) is 9.73. The standard InChI is InChI=1S/C22H30BIN5O3/c1-22(2,3)32-21(31)29(18-12-17(23-24)15-27(5)20(18)30)19-7-6-16(13-25-19)14-28-10-8-26(4)9-11-28/h6-7,12-13,15H,8-11,14H2,1-5H3. The minimum atomic E-state index is -0.713. The highest BCUT2D eigenvalue weighted by Crippen LogP contribution is 2.24. The first kappa shape index (κ1) is 24.7. The van der Waals surface area contributed by atoms with E-state index in [9.17, 15) is 9.59 Å². The summed E-state index contributed by atoms with van der Waals surface area (Å²) in [6.07, 6.45) is 2.85. The molecule has 32 heavy (non-hydrogen) atoms. The van der Waals surface area contributed by atoms with Crippen LogP contribution >= 0.6 is 22.4 Å². The lowest BCUT2D eigenvalue weighted by Gasteiger charge is -2.32. The third kappa shape index (κ3) is 6.32. The summed E-state index contributed by atoms with van der Waals surface area (Å²) in [5.74, 6) is 0.351. The summed E-state index contributed by atoms with van der Waals surface area (Å²) in [6, 6.07) is 5.41. The van der Waals surface area contributed by atoms with E-state index in [1.165, 1.54) is 9.47 Å². The van der Waals surface area contributed by atoms with Gasteiger partial charge in [0.05, 0.1) is 0 Å². The third-order valence-corrected chi connectivity index (χ3v) is 5.89. The number of pyridine rings is 2. The maximum atomic E-state index is 13.1. The van der Waals surface area contributed by atoms with Gasteiger partial charge >= 0.3 is 6.09 Å². The maximum absolute atomic E-state index is 13.1. The predicted molar refractivity (Wildman–Crippen MR) is 136 cm³/mol. The molecule has 0 aromatic carbocycles. The van der Waals surface area contributed by atoms with Crippen LogP contribution in [0.1, 0.15) is 26.3 Å². The molecular weight excluding hydrogens is 520 g/mol. The zero-order chi connectivity index (χ0) is 23.5. The number of aryl methyl sites for hydroxylation is 1. The number of hydrogen-bond donors (Lipinski definition) is 0. The zero-order valence-corrected chi connectivity index (χ0v) is 21.5. The fourth-order valence-corrected chi connectivity index (χ4v) is 3.81. The van der Waals surface area contributed by atoms with Crippen LogP contribution in [0.4, 0.5) is 16.3 Å². The topological polar surface area (TPSA) is 70.9 Å². The van der Waals surface area contributed by atoms with Crippen molar-refractivity contribution in [1.82, 2.24) is 19.4 Å². The molecule has 0 aliphatic carbocycles. The van der Waals surface area contributed by atoms with Gasteiger partial charge < -0.3 is 14.2 Å². The molecular formula is C22H30BIN5O3. The molecule has 1 radical (unpaired) electrons. The van der Waals surface area contributed by atoms with E-state index >= 15 is 0 Å². The molecule has 1 aliphatic heterocycles. The van der Waals surface area contributed by atoms with Gasteiger partial charge in [0.15, 0.2) is 0 Å². The Balaban J connectivity index is 1.93. The molecule has 10 heteroatoms. The Morgan fingerprint density at radius 1 is 1.22 bits per heavy atom. The number of carbonyl (C=O) groups excluding carboxylic acids is 1. The molecule has 1 saturated heterocycles. The van der Waals surface area contributed by atoms with Crippen LogP contribution in [0, 0.1) is 0 Å². The minimum absolute atomic E-state index is 0.200. The Bertz CT molecular complexity index is 998. The number of rotatable bonds is 5. The molecule has 2 aromatic rings. The molecule has 1 aliphatic rings. The predicted octanol–water partition coefficient (Wildman–Crippen LogP) is 2.28. The lowest BCUT2D eigenvalue weighted by Crippen LogP contribution is -2.43. The third-order valence-electron chi connectivity index (χ3n) is 5.17. The van der Waals surface area contributed by atoms with Gasteiger partial charge in [0.25, 0.3) is 5.56 Å². The summed E-state index contributed by atoms with van der Waals surface area (Å²) >= 11 is 2.11. The number of ether oxygens (including phenoxy) is 1. The number of carbonyl (C=O) groups is 1. The molecule has 3 rings (SSSR count). The van der Waals surface area contributed by atoms with E-state index in [4.69, 9.17) is 4.74 Å². The van der Waals surface area contributed by atoms with Gasteiger partial charge in [-0.3, -0.25) is 9.69 Å². The highest BCUT2D eigenvalue weighted by molar-refractivity contribution is 14.1. The zero-order valence-electron chi connectivity index (χ0n) is 19.3. The Labute approximate surface area is 203 Å². The lowest BCUT2D eigenvalue weighted by atomic mass is 9.98. The summed E-state index contributed by atoms with van der Waals surface area (Å²) in [7, 11) is 3.80. The summed E-state index contributed by atoms with van der Waals surface area (Å²) in [5.41, 5.74) is 1.05. The molecule has 0 saturated carbocycles. The molecule has 0 atom stereocenters. The van der Waals surface area contributed by atoms with Crippen LogP contribution in [0.25, 0.3) is 0 Å². The van der Waals surface area contributed by atoms with Gasteiger partial charge in [-0.05, 0) is 45.5 Å². The first-order valence-electron chi connectivity index (χ1n) is 10.6. The number of piperazine rings is 1. The van der Waals surface area contributed by atoms with Crippen molar-refractivity contribution in [3.63, 3.8) is 0 Å². The monoisotopic (exact) mass is 550 g/mol. The van der Waals surface area contributed by atoms with E-state index in [2.05, 4.69) is 44.2 Å².